The Labute approximate surface area is 164 Å². The highest BCUT2D eigenvalue weighted by Gasteiger charge is 2.13. The van der Waals surface area contributed by atoms with Crippen LogP contribution in [0.2, 0.25) is 0 Å². The molecule has 1 amide bonds. The van der Waals surface area contributed by atoms with Crippen LogP contribution in [0.1, 0.15) is 0 Å². The molecular formula is C21H15FN4O3. The second-order valence-electron chi connectivity index (χ2n) is 6.10. The van der Waals surface area contributed by atoms with Gasteiger partial charge < -0.3 is 20.1 Å². The van der Waals surface area contributed by atoms with E-state index in [1.807, 2.05) is 0 Å². The molecule has 2 aromatic heterocycles. The molecule has 0 radical (unpaired) electrons. The standard InChI is InChI=1S/C21H15FN4O3/c1-2-18(28)25-13-4-3-5-14(9-13)29-19-11-24-21-20(26-19)15(10-23-21)12-6-7-17(27)16(22)8-12/h2-11,27H,1H2,(H,23,24)(H,25,28). The van der Waals surface area contributed by atoms with E-state index in [1.54, 1.807) is 36.5 Å². The summed E-state index contributed by atoms with van der Waals surface area (Å²) in [4.78, 5) is 23.2. The summed E-state index contributed by atoms with van der Waals surface area (Å²) in [5.41, 5.74) is 2.69. The lowest BCUT2D eigenvalue weighted by molar-refractivity contribution is -0.111. The van der Waals surface area contributed by atoms with Crippen molar-refractivity contribution in [3.05, 3.63) is 73.3 Å². The molecular weight excluding hydrogens is 375 g/mol. The van der Waals surface area contributed by atoms with E-state index < -0.39 is 11.6 Å². The highest BCUT2D eigenvalue weighted by atomic mass is 19.1. The van der Waals surface area contributed by atoms with Gasteiger partial charge in [0, 0.05) is 23.5 Å². The number of phenols is 1. The smallest absolute Gasteiger partial charge is 0.247 e. The number of nitrogens with zero attached hydrogens (tertiary/aromatic N) is 2. The van der Waals surface area contributed by atoms with Crippen molar-refractivity contribution in [2.45, 2.75) is 0 Å². The molecule has 7 nitrogen and oxygen atoms in total. The molecule has 8 heteroatoms. The predicted molar refractivity (Wildman–Crippen MR) is 106 cm³/mol. The van der Waals surface area contributed by atoms with E-state index in [0.717, 1.165) is 0 Å². The van der Waals surface area contributed by atoms with Crippen molar-refractivity contribution < 1.29 is 19.0 Å². The van der Waals surface area contributed by atoms with Crippen LogP contribution in [0.15, 0.2) is 67.5 Å². The van der Waals surface area contributed by atoms with Crippen molar-refractivity contribution in [3.63, 3.8) is 0 Å². The van der Waals surface area contributed by atoms with Crippen molar-refractivity contribution in [1.29, 1.82) is 0 Å². The maximum absolute atomic E-state index is 13.7. The second kappa shape index (κ2) is 7.43. The fraction of sp³-hybridized carbons (Fsp3) is 0. The first-order chi connectivity index (χ1) is 14.0. The lowest BCUT2D eigenvalue weighted by Gasteiger charge is -2.07. The van der Waals surface area contributed by atoms with E-state index >= 15 is 0 Å². The van der Waals surface area contributed by atoms with Crippen LogP contribution in [0, 0.1) is 5.82 Å². The summed E-state index contributed by atoms with van der Waals surface area (Å²) in [6, 6.07) is 10.9. The van der Waals surface area contributed by atoms with Crippen molar-refractivity contribution >= 4 is 22.8 Å². The average molecular weight is 390 g/mol. The molecule has 0 aliphatic heterocycles. The number of ether oxygens (including phenoxy) is 1. The molecule has 0 saturated carbocycles. The van der Waals surface area contributed by atoms with Crippen LogP contribution in [0.5, 0.6) is 17.4 Å². The molecule has 144 valence electrons. The van der Waals surface area contributed by atoms with Gasteiger partial charge >= 0.3 is 0 Å². The zero-order chi connectivity index (χ0) is 20.4. The molecule has 0 aliphatic rings. The molecule has 0 spiro atoms. The molecule has 3 N–H and O–H groups in total. The third-order valence-corrected chi connectivity index (χ3v) is 4.13. The topological polar surface area (TPSA) is 100 Å². The van der Waals surface area contributed by atoms with Gasteiger partial charge in [-0.3, -0.25) is 4.79 Å². The Morgan fingerprint density at radius 1 is 1.28 bits per heavy atom. The van der Waals surface area contributed by atoms with Crippen molar-refractivity contribution in [2.24, 2.45) is 0 Å². The second-order valence-corrected chi connectivity index (χ2v) is 6.10. The summed E-state index contributed by atoms with van der Waals surface area (Å²) in [5.74, 6) is -0.803. The molecule has 0 saturated heterocycles. The Morgan fingerprint density at radius 3 is 2.93 bits per heavy atom. The number of aromatic hydroxyl groups is 1. The number of phenolic OH excluding ortho intramolecular Hbond substituents is 1. The minimum atomic E-state index is -0.726. The van der Waals surface area contributed by atoms with Crippen LogP contribution in [0.4, 0.5) is 10.1 Å². The van der Waals surface area contributed by atoms with Gasteiger partial charge in [-0.25, -0.2) is 14.4 Å². The average Bonchev–Trinajstić information content (AvgIpc) is 3.13. The molecule has 2 aromatic carbocycles. The normalized spacial score (nSPS) is 10.7. The molecule has 2 heterocycles. The number of aromatic nitrogens is 3. The number of amides is 1. The van der Waals surface area contributed by atoms with Crippen LogP contribution in [0.25, 0.3) is 22.3 Å². The third kappa shape index (κ3) is 3.77. The largest absolute Gasteiger partial charge is 0.505 e. The number of carbonyl (C=O) groups is 1. The van der Waals surface area contributed by atoms with Gasteiger partial charge in [0.1, 0.15) is 11.3 Å². The Morgan fingerprint density at radius 2 is 2.14 bits per heavy atom. The van der Waals surface area contributed by atoms with Gasteiger partial charge in [-0.1, -0.05) is 18.7 Å². The zero-order valence-electron chi connectivity index (χ0n) is 15.0. The van der Waals surface area contributed by atoms with E-state index in [0.29, 0.717) is 33.7 Å². The molecule has 0 fully saturated rings. The van der Waals surface area contributed by atoms with E-state index in [1.165, 1.54) is 24.4 Å². The van der Waals surface area contributed by atoms with Crippen LogP contribution in [-0.2, 0) is 4.79 Å². The van der Waals surface area contributed by atoms with Crippen molar-refractivity contribution in [1.82, 2.24) is 15.0 Å². The molecule has 0 atom stereocenters. The van der Waals surface area contributed by atoms with Gasteiger partial charge in [0.15, 0.2) is 17.2 Å². The Hall–Kier alpha value is -4.20. The Balaban J connectivity index is 1.66. The first kappa shape index (κ1) is 18.2. The van der Waals surface area contributed by atoms with Crippen molar-refractivity contribution in [3.8, 4) is 28.5 Å². The monoisotopic (exact) mass is 390 g/mol. The first-order valence-electron chi connectivity index (χ1n) is 8.58. The summed E-state index contributed by atoms with van der Waals surface area (Å²) < 4.78 is 19.5. The van der Waals surface area contributed by atoms with Gasteiger partial charge in [0.2, 0.25) is 11.8 Å². The Bertz CT molecular complexity index is 1240. The number of nitrogens with one attached hydrogen (secondary N) is 2. The SMILES string of the molecule is C=CC(=O)Nc1cccc(Oc2cnc3[nH]cc(-c4ccc(O)c(F)c4)c3n2)c1. The lowest BCUT2D eigenvalue weighted by Crippen LogP contribution is -2.07. The summed E-state index contributed by atoms with van der Waals surface area (Å²) in [6.07, 6.45) is 4.28. The van der Waals surface area contributed by atoms with Gasteiger partial charge in [-0.2, -0.15) is 0 Å². The number of H-pyrrole nitrogens is 1. The molecule has 4 aromatic rings. The zero-order valence-corrected chi connectivity index (χ0v) is 15.0. The van der Waals surface area contributed by atoms with E-state index in [9.17, 15) is 14.3 Å². The number of hydrogen-bond donors (Lipinski definition) is 3. The van der Waals surface area contributed by atoms with Crippen LogP contribution in [-0.4, -0.2) is 26.0 Å². The van der Waals surface area contributed by atoms with E-state index in [-0.39, 0.29) is 11.8 Å². The van der Waals surface area contributed by atoms with E-state index in [2.05, 4.69) is 26.8 Å². The molecule has 29 heavy (non-hydrogen) atoms. The van der Waals surface area contributed by atoms with E-state index in [4.69, 9.17) is 4.74 Å². The summed E-state index contributed by atoms with van der Waals surface area (Å²) >= 11 is 0. The number of anilines is 1. The summed E-state index contributed by atoms with van der Waals surface area (Å²) in [7, 11) is 0. The number of hydrogen-bond acceptors (Lipinski definition) is 5. The maximum atomic E-state index is 13.7. The molecule has 4 rings (SSSR count). The van der Waals surface area contributed by atoms with Gasteiger partial charge in [-0.05, 0) is 35.9 Å². The van der Waals surface area contributed by atoms with Gasteiger partial charge in [-0.15, -0.1) is 0 Å². The number of aromatic amines is 1. The third-order valence-electron chi connectivity index (χ3n) is 4.13. The lowest BCUT2D eigenvalue weighted by atomic mass is 10.1. The fourth-order valence-electron chi connectivity index (χ4n) is 2.77. The number of carbonyl (C=O) groups excluding carboxylic acids is 1. The van der Waals surface area contributed by atoms with Crippen LogP contribution < -0.4 is 10.1 Å². The summed E-state index contributed by atoms with van der Waals surface area (Å²) in [6.45, 7) is 3.41. The maximum Gasteiger partial charge on any atom is 0.247 e. The molecule has 0 aliphatic carbocycles. The first-order valence-corrected chi connectivity index (χ1v) is 8.58. The number of fused-ring (bicyclic) bond motifs is 1. The number of halogens is 1. The highest BCUT2D eigenvalue weighted by Crippen LogP contribution is 2.31. The fourth-order valence-corrected chi connectivity index (χ4v) is 2.77. The molecule has 0 unspecified atom stereocenters. The predicted octanol–water partition coefficient (Wildman–Crippen LogP) is 4.39. The minimum absolute atomic E-state index is 0.227. The van der Waals surface area contributed by atoms with Gasteiger partial charge in [0.25, 0.3) is 0 Å². The quantitative estimate of drug-likeness (QED) is 0.439. The number of rotatable bonds is 5. The summed E-state index contributed by atoms with van der Waals surface area (Å²) in [5, 5.41) is 12.0. The van der Waals surface area contributed by atoms with Crippen molar-refractivity contribution in [2.75, 3.05) is 5.32 Å². The van der Waals surface area contributed by atoms with Crippen LogP contribution in [0.3, 0.4) is 0 Å². The Kier molecular flexibility index (Phi) is 4.66. The number of benzene rings is 2. The van der Waals surface area contributed by atoms with Crippen LogP contribution >= 0.6 is 0 Å². The minimum Gasteiger partial charge on any atom is -0.505 e. The van der Waals surface area contributed by atoms with Gasteiger partial charge in [0.05, 0.1) is 6.20 Å². The molecule has 0 bridgehead atoms. The highest BCUT2D eigenvalue weighted by molar-refractivity contribution is 5.99.